The van der Waals surface area contributed by atoms with Gasteiger partial charge in [0.1, 0.15) is 0 Å². The Morgan fingerprint density at radius 1 is 1.04 bits per heavy atom. The summed E-state index contributed by atoms with van der Waals surface area (Å²) in [5.74, 6) is 0.0555. The molecule has 0 aliphatic carbocycles. The van der Waals surface area contributed by atoms with Gasteiger partial charge in [0.2, 0.25) is 5.91 Å². The lowest BCUT2D eigenvalue weighted by Crippen LogP contribution is -2.39. The number of rotatable bonds is 5. The van der Waals surface area contributed by atoms with Crippen molar-refractivity contribution in [3.8, 4) is 0 Å². The second-order valence-electron chi connectivity index (χ2n) is 6.46. The third kappa shape index (κ3) is 5.76. The number of benzene rings is 2. The maximum absolute atomic E-state index is 12.3. The number of likely N-dealkylation sites (tertiary alicyclic amines) is 1. The zero-order valence-corrected chi connectivity index (χ0v) is 17.5. The molecular weight excluding hydrogens is 458 g/mol. The van der Waals surface area contributed by atoms with Crippen molar-refractivity contribution in [3.05, 3.63) is 68.6 Å². The maximum Gasteiger partial charge on any atom is 0.243 e. The van der Waals surface area contributed by atoms with Crippen molar-refractivity contribution in [3.63, 3.8) is 0 Å². The quantitative estimate of drug-likeness (QED) is 0.505. The van der Waals surface area contributed by atoms with Gasteiger partial charge < -0.3 is 0 Å². The molecule has 0 aromatic heterocycles. The van der Waals surface area contributed by atoms with Crippen LogP contribution >= 0.6 is 31.9 Å². The first-order valence-electron chi connectivity index (χ1n) is 8.65. The van der Waals surface area contributed by atoms with Gasteiger partial charge in [0.05, 0.1) is 6.21 Å². The number of nitrogens with one attached hydrogen (secondary N) is 1. The molecule has 26 heavy (non-hydrogen) atoms. The third-order valence-electron chi connectivity index (χ3n) is 4.54. The van der Waals surface area contributed by atoms with Gasteiger partial charge in [0, 0.05) is 21.4 Å². The molecular formula is C20H21Br2N3O. The first kappa shape index (κ1) is 19.3. The number of hydrogen-bond donors (Lipinski definition) is 1. The minimum Gasteiger partial charge on any atom is -0.299 e. The van der Waals surface area contributed by atoms with Crippen LogP contribution in [-0.4, -0.2) is 30.1 Å². The fourth-order valence-corrected chi connectivity index (χ4v) is 3.54. The fraction of sp³-hybridized carbons (Fsp3) is 0.300. The van der Waals surface area contributed by atoms with Gasteiger partial charge in [-0.3, -0.25) is 9.69 Å². The lowest BCUT2D eigenvalue weighted by atomic mass is 9.96. The number of amides is 1. The van der Waals surface area contributed by atoms with Crippen LogP contribution in [0.15, 0.2) is 62.6 Å². The summed E-state index contributed by atoms with van der Waals surface area (Å²) in [6.07, 6.45) is 3.42. The second-order valence-corrected chi connectivity index (χ2v) is 8.29. The molecule has 0 spiro atoms. The summed E-state index contributed by atoms with van der Waals surface area (Å²) < 4.78 is 2.12. The van der Waals surface area contributed by atoms with Crippen LogP contribution in [0.5, 0.6) is 0 Å². The van der Waals surface area contributed by atoms with Crippen molar-refractivity contribution in [1.29, 1.82) is 0 Å². The van der Waals surface area contributed by atoms with E-state index < -0.39 is 0 Å². The van der Waals surface area contributed by atoms with Crippen molar-refractivity contribution in [2.75, 3.05) is 13.1 Å². The van der Waals surface area contributed by atoms with Crippen molar-refractivity contribution in [2.45, 2.75) is 19.4 Å². The van der Waals surface area contributed by atoms with Gasteiger partial charge in [-0.15, -0.1) is 0 Å². The lowest BCUT2D eigenvalue weighted by molar-refractivity contribution is -0.126. The smallest absolute Gasteiger partial charge is 0.243 e. The van der Waals surface area contributed by atoms with Crippen LogP contribution in [0.1, 0.15) is 24.0 Å². The summed E-state index contributed by atoms with van der Waals surface area (Å²) in [5.41, 5.74) is 4.94. The van der Waals surface area contributed by atoms with Gasteiger partial charge in [-0.2, -0.15) is 5.10 Å². The number of halogens is 2. The SMILES string of the molecule is O=C(N/N=C/c1ccc(Br)cc1)C1CCN(Cc2ccc(Br)cc2)CC1. The highest BCUT2D eigenvalue weighted by Crippen LogP contribution is 2.20. The molecule has 1 aliphatic rings. The monoisotopic (exact) mass is 477 g/mol. The standard InChI is InChI=1S/C20H21Br2N3O/c21-18-5-1-15(2-6-18)13-23-24-20(26)17-9-11-25(12-10-17)14-16-3-7-19(22)8-4-16/h1-8,13,17H,9-12,14H2,(H,24,26)/b23-13+. The Morgan fingerprint density at radius 3 is 2.23 bits per heavy atom. The van der Waals surface area contributed by atoms with Gasteiger partial charge in [-0.1, -0.05) is 56.1 Å². The van der Waals surface area contributed by atoms with Crippen LogP contribution in [0.2, 0.25) is 0 Å². The van der Waals surface area contributed by atoms with Crippen molar-refractivity contribution >= 4 is 44.0 Å². The van der Waals surface area contributed by atoms with Crippen LogP contribution < -0.4 is 5.43 Å². The van der Waals surface area contributed by atoms with Gasteiger partial charge in [-0.25, -0.2) is 5.43 Å². The lowest BCUT2D eigenvalue weighted by Gasteiger charge is -2.30. The van der Waals surface area contributed by atoms with E-state index in [9.17, 15) is 4.79 Å². The molecule has 1 amide bonds. The van der Waals surface area contributed by atoms with Gasteiger partial charge in [-0.05, 0) is 61.3 Å². The molecule has 6 heteroatoms. The predicted octanol–water partition coefficient (Wildman–Crippen LogP) is 4.57. The van der Waals surface area contributed by atoms with Gasteiger partial charge in [0.25, 0.3) is 0 Å². The molecule has 0 radical (unpaired) electrons. The summed E-state index contributed by atoms with van der Waals surface area (Å²) in [7, 11) is 0. The Hall–Kier alpha value is -1.50. The molecule has 0 atom stereocenters. The molecule has 0 bridgehead atoms. The largest absolute Gasteiger partial charge is 0.299 e. The normalized spacial score (nSPS) is 16.1. The van der Waals surface area contributed by atoms with Crippen LogP contribution in [0, 0.1) is 5.92 Å². The van der Waals surface area contributed by atoms with E-state index >= 15 is 0 Å². The van der Waals surface area contributed by atoms with Crippen molar-refractivity contribution < 1.29 is 4.79 Å². The Balaban J connectivity index is 1.43. The molecule has 1 saturated heterocycles. The van der Waals surface area contributed by atoms with E-state index in [-0.39, 0.29) is 11.8 Å². The third-order valence-corrected chi connectivity index (χ3v) is 5.59. The van der Waals surface area contributed by atoms with E-state index in [2.05, 4.69) is 71.6 Å². The zero-order valence-electron chi connectivity index (χ0n) is 14.4. The second kappa shape index (κ2) is 9.44. The van der Waals surface area contributed by atoms with E-state index in [1.54, 1.807) is 6.21 Å². The highest BCUT2D eigenvalue weighted by molar-refractivity contribution is 9.10. The molecule has 3 rings (SSSR count). The van der Waals surface area contributed by atoms with Crippen LogP contribution in [0.25, 0.3) is 0 Å². The van der Waals surface area contributed by atoms with E-state index in [0.717, 1.165) is 47.0 Å². The molecule has 0 unspecified atom stereocenters. The van der Waals surface area contributed by atoms with Crippen LogP contribution in [0.3, 0.4) is 0 Å². The molecule has 1 fully saturated rings. The number of carbonyl (C=O) groups excluding carboxylic acids is 1. The number of hydrazone groups is 1. The first-order chi connectivity index (χ1) is 12.6. The summed E-state index contributed by atoms with van der Waals surface area (Å²) in [4.78, 5) is 14.7. The number of carbonyl (C=O) groups is 1. The minimum atomic E-state index is 0.0154. The highest BCUT2D eigenvalue weighted by atomic mass is 79.9. The number of piperidine rings is 1. The summed E-state index contributed by atoms with van der Waals surface area (Å²) in [6, 6.07) is 16.2. The zero-order chi connectivity index (χ0) is 18.4. The molecule has 1 aliphatic heterocycles. The topological polar surface area (TPSA) is 44.7 Å². The minimum absolute atomic E-state index is 0.0154. The molecule has 1 N–H and O–H groups in total. The Labute approximate surface area is 170 Å². The van der Waals surface area contributed by atoms with Crippen molar-refractivity contribution in [2.24, 2.45) is 11.0 Å². The Kier molecular flexibility index (Phi) is 7.00. The predicted molar refractivity (Wildman–Crippen MR) is 112 cm³/mol. The molecule has 4 nitrogen and oxygen atoms in total. The molecule has 136 valence electrons. The number of hydrogen-bond acceptors (Lipinski definition) is 3. The van der Waals surface area contributed by atoms with Crippen molar-refractivity contribution in [1.82, 2.24) is 10.3 Å². The summed E-state index contributed by atoms with van der Waals surface area (Å²) in [5, 5.41) is 4.08. The van der Waals surface area contributed by atoms with E-state index in [0.29, 0.717) is 0 Å². The molecule has 2 aromatic carbocycles. The van der Waals surface area contributed by atoms with Crippen LogP contribution in [0.4, 0.5) is 0 Å². The van der Waals surface area contributed by atoms with E-state index in [1.165, 1.54) is 5.56 Å². The number of nitrogens with zero attached hydrogens (tertiary/aromatic N) is 2. The fourth-order valence-electron chi connectivity index (χ4n) is 3.01. The maximum atomic E-state index is 12.3. The Bertz CT molecular complexity index is 752. The van der Waals surface area contributed by atoms with E-state index in [4.69, 9.17) is 0 Å². The highest BCUT2D eigenvalue weighted by Gasteiger charge is 2.24. The van der Waals surface area contributed by atoms with E-state index in [1.807, 2.05) is 24.3 Å². The average molecular weight is 479 g/mol. The Morgan fingerprint density at radius 2 is 1.62 bits per heavy atom. The first-order valence-corrected chi connectivity index (χ1v) is 10.2. The molecule has 2 aromatic rings. The average Bonchev–Trinajstić information content (AvgIpc) is 2.66. The molecule has 0 saturated carbocycles. The van der Waals surface area contributed by atoms with Gasteiger partial charge >= 0.3 is 0 Å². The van der Waals surface area contributed by atoms with Gasteiger partial charge in [0.15, 0.2) is 0 Å². The molecule has 1 heterocycles. The summed E-state index contributed by atoms with van der Waals surface area (Å²) >= 11 is 6.86. The summed E-state index contributed by atoms with van der Waals surface area (Å²) in [6.45, 7) is 2.80. The van der Waals surface area contributed by atoms with Crippen LogP contribution in [-0.2, 0) is 11.3 Å².